The summed E-state index contributed by atoms with van der Waals surface area (Å²) in [6.07, 6.45) is 0. The maximum Gasteiger partial charge on any atom is 0.255 e. The lowest BCUT2D eigenvalue weighted by atomic mass is 10.1. The standard InChI is InChI=1S/C22H25N3O4/c1-16(26)17-5-7-20(8-6-17)24-22(28)19-4-2-3-18(15-19)21(27)23-9-10-25-11-13-29-14-12-25/h2-8,15H,9-14H2,1H3,(H,23,27)(H,24,28). The molecule has 1 aliphatic rings. The van der Waals surface area contributed by atoms with Crippen molar-refractivity contribution in [1.82, 2.24) is 10.2 Å². The van der Waals surface area contributed by atoms with Crippen molar-refractivity contribution >= 4 is 23.3 Å². The van der Waals surface area contributed by atoms with Crippen LogP contribution in [0.4, 0.5) is 5.69 Å². The molecule has 0 bridgehead atoms. The van der Waals surface area contributed by atoms with Crippen LogP contribution in [0.15, 0.2) is 48.5 Å². The van der Waals surface area contributed by atoms with Crippen LogP contribution >= 0.6 is 0 Å². The van der Waals surface area contributed by atoms with Crippen molar-refractivity contribution in [2.75, 3.05) is 44.7 Å². The average molecular weight is 395 g/mol. The number of benzene rings is 2. The van der Waals surface area contributed by atoms with Crippen molar-refractivity contribution in [3.8, 4) is 0 Å². The van der Waals surface area contributed by atoms with Crippen molar-refractivity contribution in [2.24, 2.45) is 0 Å². The van der Waals surface area contributed by atoms with E-state index in [1.165, 1.54) is 6.92 Å². The molecule has 152 valence electrons. The van der Waals surface area contributed by atoms with Gasteiger partial charge in [-0.3, -0.25) is 19.3 Å². The van der Waals surface area contributed by atoms with Gasteiger partial charge < -0.3 is 15.4 Å². The minimum Gasteiger partial charge on any atom is -0.379 e. The Kier molecular flexibility index (Phi) is 7.10. The Hall–Kier alpha value is -3.03. The van der Waals surface area contributed by atoms with E-state index in [2.05, 4.69) is 15.5 Å². The molecular formula is C22H25N3O4. The van der Waals surface area contributed by atoms with Crippen molar-refractivity contribution < 1.29 is 19.1 Å². The summed E-state index contributed by atoms with van der Waals surface area (Å²) in [6.45, 7) is 6.00. The number of morpholine rings is 1. The van der Waals surface area contributed by atoms with Gasteiger partial charge in [0.1, 0.15) is 0 Å². The van der Waals surface area contributed by atoms with Gasteiger partial charge in [-0.05, 0) is 49.4 Å². The Balaban J connectivity index is 1.55. The third-order valence-electron chi connectivity index (χ3n) is 4.75. The number of ketones is 1. The van der Waals surface area contributed by atoms with Crippen molar-refractivity contribution in [3.05, 3.63) is 65.2 Å². The van der Waals surface area contributed by atoms with Gasteiger partial charge in [0.05, 0.1) is 13.2 Å². The molecule has 0 unspecified atom stereocenters. The molecule has 0 spiro atoms. The van der Waals surface area contributed by atoms with Gasteiger partial charge >= 0.3 is 0 Å². The van der Waals surface area contributed by atoms with E-state index in [4.69, 9.17) is 4.74 Å². The summed E-state index contributed by atoms with van der Waals surface area (Å²) in [7, 11) is 0. The quantitative estimate of drug-likeness (QED) is 0.702. The third-order valence-corrected chi connectivity index (χ3v) is 4.75. The van der Waals surface area contributed by atoms with E-state index in [1.54, 1.807) is 48.5 Å². The average Bonchev–Trinajstić information content (AvgIpc) is 2.75. The fourth-order valence-corrected chi connectivity index (χ4v) is 3.05. The molecule has 7 nitrogen and oxygen atoms in total. The van der Waals surface area contributed by atoms with Crippen LogP contribution in [0.5, 0.6) is 0 Å². The molecule has 7 heteroatoms. The molecule has 0 aliphatic carbocycles. The molecule has 0 saturated carbocycles. The van der Waals surface area contributed by atoms with Gasteiger partial charge in [0.25, 0.3) is 11.8 Å². The Bertz CT molecular complexity index is 874. The number of hydrogen-bond donors (Lipinski definition) is 2. The minimum atomic E-state index is -0.316. The Labute approximate surface area is 170 Å². The number of hydrogen-bond acceptors (Lipinski definition) is 5. The summed E-state index contributed by atoms with van der Waals surface area (Å²) in [5.41, 5.74) is 1.99. The number of carbonyl (C=O) groups excluding carboxylic acids is 3. The topological polar surface area (TPSA) is 87.7 Å². The maximum atomic E-state index is 12.5. The Morgan fingerprint density at radius 3 is 2.24 bits per heavy atom. The lowest BCUT2D eigenvalue weighted by molar-refractivity contribution is 0.0383. The van der Waals surface area contributed by atoms with Gasteiger partial charge in [0.15, 0.2) is 5.78 Å². The summed E-state index contributed by atoms with van der Waals surface area (Å²) >= 11 is 0. The van der Waals surface area contributed by atoms with Crippen molar-refractivity contribution in [3.63, 3.8) is 0 Å². The number of amides is 2. The second-order valence-electron chi connectivity index (χ2n) is 6.88. The molecule has 3 rings (SSSR count). The van der Waals surface area contributed by atoms with E-state index < -0.39 is 0 Å². The lowest BCUT2D eigenvalue weighted by Crippen LogP contribution is -2.41. The van der Waals surface area contributed by atoms with E-state index in [-0.39, 0.29) is 17.6 Å². The highest BCUT2D eigenvalue weighted by atomic mass is 16.5. The largest absolute Gasteiger partial charge is 0.379 e. The van der Waals surface area contributed by atoms with Gasteiger partial charge in [0, 0.05) is 48.6 Å². The van der Waals surface area contributed by atoms with Crippen LogP contribution in [0.2, 0.25) is 0 Å². The fraction of sp³-hybridized carbons (Fsp3) is 0.318. The molecule has 0 atom stereocenters. The number of nitrogens with zero attached hydrogens (tertiary/aromatic N) is 1. The van der Waals surface area contributed by atoms with Gasteiger partial charge in [0.2, 0.25) is 0 Å². The van der Waals surface area contributed by atoms with Crippen LogP contribution in [0.25, 0.3) is 0 Å². The Morgan fingerprint density at radius 2 is 1.59 bits per heavy atom. The molecule has 0 aromatic heterocycles. The van der Waals surface area contributed by atoms with Crippen LogP contribution < -0.4 is 10.6 Å². The predicted octanol–water partition coefficient (Wildman–Crippen LogP) is 2.20. The first-order chi connectivity index (χ1) is 14.0. The van der Waals surface area contributed by atoms with E-state index >= 15 is 0 Å². The normalized spacial score (nSPS) is 14.2. The van der Waals surface area contributed by atoms with E-state index in [1.807, 2.05) is 0 Å². The van der Waals surface area contributed by atoms with Crippen LogP contribution in [0.3, 0.4) is 0 Å². The maximum absolute atomic E-state index is 12.5. The molecule has 1 saturated heterocycles. The SMILES string of the molecule is CC(=O)c1ccc(NC(=O)c2cccc(C(=O)NCCN3CCOCC3)c2)cc1. The fourth-order valence-electron chi connectivity index (χ4n) is 3.05. The van der Waals surface area contributed by atoms with Gasteiger partial charge in [-0.25, -0.2) is 0 Å². The highest BCUT2D eigenvalue weighted by molar-refractivity contribution is 6.06. The molecule has 1 aliphatic heterocycles. The molecule has 2 aromatic rings. The first-order valence-corrected chi connectivity index (χ1v) is 9.63. The first kappa shape index (κ1) is 20.7. The minimum absolute atomic E-state index is 0.0322. The second-order valence-corrected chi connectivity index (χ2v) is 6.88. The summed E-state index contributed by atoms with van der Waals surface area (Å²) in [4.78, 5) is 38.5. The van der Waals surface area contributed by atoms with E-state index in [0.29, 0.717) is 28.9 Å². The van der Waals surface area contributed by atoms with Gasteiger partial charge in [-0.2, -0.15) is 0 Å². The van der Waals surface area contributed by atoms with Gasteiger partial charge in [-0.1, -0.05) is 6.07 Å². The second kappa shape index (κ2) is 9.95. The highest BCUT2D eigenvalue weighted by Gasteiger charge is 2.13. The molecule has 2 aromatic carbocycles. The zero-order valence-corrected chi connectivity index (χ0v) is 16.4. The van der Waals surface area contributed by atoms with Crippen molar-refractivity contribution in [1.29, 1.82) is 0 Å². The molecule has 2 N–H and O–H groups in total. The Morgan fingerprint density at radius 1 is 0.931 bits per heavy atom. The zero-order chi connectivity index (χ0) is 20.6. The highest BCUT2D eigenvalue weighted by Crippen LogP contribution is 2.13. The molecule has 0 radical (unpaired) electrons. The number of anilines is 1. The third kappa shape index (κ3) is 5.97. The molecule has 1 heterocycles. The number of rotatable bonds is 7. The number of nitrogens with one attached hydrogen (secondary N) is 2. The van der Waals surface area contributed by atoms with Crippen LogP contribution in [-0.4, -0.2) is 61.9 Å². The summed E-state index contributed by atoms with van der Waals surface area (Å²) in [5.74, 6) is -0.558. The number of ether oxygens (including phenoxy) is 1. The molecular weight excluding hydrogens is 370 g/mol. The smallest absolute Gasteiger partial charge is 0.255 e. The summed E-state index contributed by atoms with van der Waals surface area (Å²) in [5, 5.41) is 5.67. The predicted molar refractivity (Wildman–Crippen MR) is 110 cm³/mol. The van der Waals surface area contributed by atoms with Gasteiger partial charge in [-0.15, -0.1) is 0 Å². The monoisotopic (exact) mass is 395 g/mol. The lowest BCUT2D eigenvalue weighted by Gasteiger charge is -2.26. The van der Waals surface area contributed by atoms with Crippen LogP contribution in [-0.2, 0) is 4.74 Å². The van der Waals surface area contributed by atoms with Crippen molar-refractivity contribution in [2.45, 2.75) is 6.92 Å². The number of Topliss-reactive ketones (excluding diaryl/α,β-unsaturated/α-hetero) is 1. The zero-order valence-electron chi connectivity index (χ0n) is 16.4. The number of carbonyl (C=O) groups is 3. The van der Waals surface area contributed by atoms with Crippen LogP contribution in [0.1, 0.15) is 38.0 Å². The first-order valence-electron chi connectivity index (χ1n) is 9.63. The van der Waals surface area contributed by atoms with Crippen LogP contribution in [0, 0.1) is 0 Å². The molecule has 2 amide bonds. The summed E-state index contributed by atoms with van der Waals surface area (Å²) in [6, 6.07) is 13.3. The molecule has 29 heavy (non-hydrogen) atoms. The van der Waals surface area contributed by atoms with E-state index in [9.17, 15) is 14.4 Å². The van der Waals surface area contributed by atoms with E-state index in [0.717, 1.165) is 32.8 Å². The molecule has 1 fully saturated rings. The summed E-state index contributed by atoms with van der Waals surface area (Å²) < 4.78 is 5.31.